The van der Waals surface area contributed by atoms with E-state index in [0.717, 1.165) is 29.2 Å². The van der Waals surface area contributed by atoms with Gasteiger partial charge in [-0.2, -0.15) is 0 Å². The smallest absolute Gasteiger partial charge is 0.744 e. The first-order chi connectivity index (χ1) is 14.5. The summed E-state index contributed by atoms with van der Waals surface area (Å²) in [6, 6.07) is 8.61. The van der Waals surface area contributed by atoms with Crippen LogP contribution >= 0.6 is 0 Å². The fourth-order valence-electron chi connectivity index (χ4n) is 4.11. The molecule has 0 radical (unpaired) electrons. The molecule has 0 heterocycles. The molecular weight excluding hydrogens is 419 g/mol. The molecule has 0 aliphatic rings. The van der Waals surface area contributed by atoms with Crippen molar-refractivity contribution in [1.29, 1.82) is 0 Å². The number of benzene rings is 2. The summed E-state index contributed by atoms with van der Waals surface area (Å²) in [7, 11) is -3.00. The summed E-state index contributed by atoms with van der Waals surface area (Å²) < 4.78 is 39.7. The molecule has 0 atom stereocenters. The molecule has 2 rings (SSSR count). The second kappa shape index (κ2) is 15.3. The van der Waals surface area contributed by atoms with Crippen LogP contribution in [0.5, 0.6) is 5.75 Å². The monoisotopic (exact) mass is 456 g/mol. The third-order valence-corrected chi connectivity index (χ3v) is 6.62. The molecule has 0 N–H and O–H groups in total. The Balaban J connectivity index is 0.00000480. The Morgan fingerprint density at radius 3 is 1.90 bits per heavy atom. The zero-order valence-electron chi connectivity index (χ0n) is 19.6. The van der Waals surface area contributed by atoms with Gasteiger partial charge in [0.05, 0.1) is 12.0 Å². The van der Waals surface area contributed by atoms with Gasteiger partial charge in [0.1, 0.15) is 15.9 Å². The third kappa shape index (κ3) is 9.83. The van der Waals surface area contributed by atoms with Crippen LogP contribution in [0.2, 0.25) is 0 Å². The molecule has 0 aromatic heterocycles. The molecule has 31 heavy (non-hydrogen) atoms. The van der Waals surface area contributed by atoms with E-state index in [2.05, 4.69) is 13.0 Å². The van der Waals surface area contributed by atoms with Crippen molar-refractivity contribution in [3.63, 3.8) is 0 Å². The summed E-state index contributed by atoms with van der Waals surface area (Å²) in [5.41, 5.74) is 1.14. The second-order valence-corrected chi connectivity index (χ2v) is 9.61. The van der Waals surface area contributed by atoms with Gasteiger partial charge in [-0.3, -0.25) is 0 Å². The Hall–Kier alpha value is -0.590. The first-order valence-corrected chi connectivity index (χ1v) is 12.9. The van der Waals surface area contributed by atoms with Crippen molar-refractivity contribution in [1.82, 2.24) is 0 Å². The van der Waals surface area contributed by atoms with E-state index >= 15 is 0 Å². The number of rotatable bonds is 15. The van der Waals surface area contributed by atoms with Gasteiger partial charge < -0.3 is 9.29 Å². The summed E-state index contributed by atoms with van der Waals surface area (Å²) in [4.78, 5) is -0.241. The van der Waals surface area contributed by atoms with Crippen LogP contribution in [-0.2, 0) is 16.5 Å². The van der Waals surface area contributed by atoms with Crippen LogP contribution in [0.4, 0.5) is 0 Å². The molecule has 0 amide bonds. The summed E-state index contributed by atoms with van der Waals surface area (Å²) in [5.74, 6) is 0.455. The fourth-order valence-corrected chi connectivity index (χ4v) is 4.63. The summed E-state index contributed by atoms with van der Waals surface area (Å²) in [6.45, 7) is 2.26. The quantitative estimate of drug-likeness (QED) is 0.231. The maximum Gasteiger partial charge on any atom is 1.00 e. The van der Waals surface area contributed by atoms with Gasteiger partial charge >= 0.3 is 29.6 Å². The number of aryl methyl sites for hydroxylation is 1. The van der Waals surface area contributed by atoms with E-state index in [-0.39, 0.29) is 34.5 Å². The Morgan fingerprint density at radius 2 is 1.39 bits per heavy atom. The van der Waals surface area contributed by atoms with Gasteiger partial charge in [0.25, 0.3) is 0 Å². The summed E-state index contributed by atoms with van der Waals surface area (Å²) >= 11 is 0. The van der Waals surface area contributed by atoms with Crippen molar-refractivity contribution in [2.45, 2.75) is 95.3 Å². The molecule has 0 aliphatic carbocycles. The van der Waals surface area contributed by atoms with E-state index in [4.69, 9.17) is 4.74 Å². The van der Waals surface area contributed by atoms with Crippen molar-refractivity contribution in [3.8, 4) is 5.75 Å². The Bertz CT molecular complexity index is 880. The second-order valence-electron chi connectivity index (χ2n) is 8.23. The topological polar surface area (TPSA) is 66.4 Å². The van der Waals surface area contributed by atoms with Gasteiger partial charge in [-0.05, 0) is 35.9 Å². The normalized spacial score (nSPS) is 11.5. The van der Waals surface area contributed by atoms with Crippen LogP contribution in [0.1, 0.15) is 89.5 Å². The Kier molecular flexibility index (Phi) is 14.0. The van der Waals surface area contributed by atoms with Crippen LogP contribution in [-0.4, -0.2) is 20.1 Å². The molecule has 4 nitrogen and oxygen atoms in total. The minimum atomic E-state index is -4.51. The molecule has 0 spiro atoms. The van der Waals surface area contributed by atoms with E-state index in [1.54, 1.807) is 0 Å². The zero-order chi connectivity index (χ0) is 21.8. The average Bonchev–Trinajstić information content (AvgIpc) is 2.73. The van der Waals surface area contributed by atoms with Crippen molar-refractivity contribution in [3.05, 3.63) is 35.9 Å². The molecule has 0 aliphatic heterocycles. The van der Waals surface area contributed by atoms with Crippen molar-refractivity contribution < 1.29 is 47.3 Å². The third-order valence-electron chi connectivity index (χ3n) is 5.81. The molecule has 0 fully saturated rings. The number of hydrogen-bond donors (Lipinski definition) is 0. The minimum Gasteiger partial charge on any atom is -0.744 e. The minimum absolute atomic E-state index is 0. The maximum atomic E-state index is 11.4. The van der Waals surface area contributed by atoms with Gasteiger partial charge in [0.2, 0.25) is 0 Å². The molecule has 168 valence electrons. The van der Waals surface area contributed by atoms with E-state index in [1.807, 2.05) is 12.1 Å². The van der Waals surface area contributed by atoms with Gasteiger partial charge in [0.15, 0.2) is 0 Å². The molecule has 0 unspecified atom stereocenters. The van der Waals surface area contributed by atoms with Crippen LogP contribution in [0.25, 0.3) is 10.8 Å². The summed E-state index contributed by atoms with van der Waals surface area (Å²) in [6.07, 6.45) is 16.7. The van der Waals surface area contributed by atoms with Crippen LogP contribution < -0.4 is 34.3 Å². The van der Waals surface area contributed by atoms with Crippen molar-refractivity contribution in [2.75, 3.05) is 7.11 Å². The Labute approximate surface area is 211 Å². The average molecular weight is 457 g/mol. The van der Waals surface area contributed by atoms with Crippen molar-refractivity contribution >= 4 is 20.9 Å². The number of unbranched alkanes of at least 4 members (excludes halogenated alkanes) is 11. The first-order valence-electron chi connectivity index (χ1n) is 11.5. The maximum absolute atomic E-state index is 11.4. The SMILES string of the molecule is CCCCCCCCCCCCCCc1cccc2cc(S(=O)(=O)[O-])cc(OC)c12.[Na+]. The molecule has 0 bridgehead atoms. The van der Waals surface area contributed by atoms with Crippen LogP contribution in [0.3, 0.4) is 0 Å². The largest absolute Gasteiger partial charge is 1.00 e. The van der Waals surface area contributed by atoms with E-state index in [9.17, 15) is 13.0 Å². The first kappa shape index (κ1) is 28.4. The molecule has 2 aromatic rings. The molecule has 0 saturated carbocycles. The summed E-state index contributed by atoms with van der Waals surface area (Å²) in [5, 5.41) is 1.65. The van der Waals surface area contributed by atoms with Gasteiger partial charge in [-0.1, -0.05) is 95.8 Å². The Morgan fingerprint density at radius 1 is 0.839 bits per heavy atom. The number of fused-ring (bicyclic) bond motifs is 1. The predicted molar refractivity (Wildman–Crippen MR) is 123 cm³/mol. The van der Waals surface area contributed by atoms with E-state index in [0.29, 0.717) is 5.75 Å². The molecule has 2 aromatic carbocycles. The number of methoxy groups -OCH3 is 1. The standard InChI is InChI=1S/C25H38O4S.Na/c1-3-4-5-6-7-8-9-10-11-12-13-14-16-21-17-15-18-22-19-23(30(26,27)28)20-24(29-2)25(21)22;/h15,17-20H,3-14,16H2,1-2H3,(H,26,27,28);/q;+1/p-1. The van der Waals surface area contributed by atoms with E-state index < -0.39 is 10.1 Å². The van der Waals surface area contributed by atoms with Gasteiger partial charge in [-0.15, -0.1) is 0 Å². The molecular formula is C25H37NaO4S. The van der Waals surface area contributed by atoms with E-state index in [1.165, 1.54) is 89.9 Å². The van der Waals surface area contributed by atoms with Crippen LogP contribution in [0, 0.1) is 0 Å². The number of ether oxygens (including phenoxy) is 1. The molecule has 6 heteroatoms. The van der Waals surface area contributed by atoms with Crippen LogP contribution in [0.15, 0.2) is 35.2 Å². The predicted octanol–water partition coefficient (Wildman–Crippen LogP) is 4.00. The van der Waals surface area contributed by atoms with Gasteiger partial charge in [0, 0.05) is 5.39 Å². The molecule has 0 saturated heterocycles. The van der Waals surface area contributed by atoms with Crippen molar-refractivity contribution in [2.24, 2.45) is 0 Å². The van der Waals surface area contributed by atoms with Gasteiger partial charge in [-0.25, -0.2) is 8.42 Å². The number of hydrogen-bond acceptors (Lipinski definition) is 4. The zero-order valence-corrected chi connectivity index (χ0v) is 22.4. The fraction of sp³-hybridized carbons (Fsp3) is 0.600.